The highest BCUT2D eigenvalue weighted by Gasteiger charge is 2.20. The summed E-state index contributed by atoms with van der Waals surface area (Å²) in [4.78, 5) is 7.58. The van der Waals surface area contributed by atoms with Crippen molar-refractivity contribution in [1.29, 1.82) is 0 Å². The van der Waals surface area contributed by atoms with Gasteiger partial charge in [-0.2, -0.15) is 0 Å². The number of aryl methyl sites for hydroxylation is 1. The number of nitrogens with one attached hydrogen (secondary N) is 1. The van der Waals surface area contributed by atoms with Gasteiger partial charge in [0.25, 0.3) is 0 Å². The minimum atomic E-state index is 0.705. The normalized spacial score (nSPS) is 19.8. The van der Waals surface area contributed by atoms with Crippen molar-refractivity contribution in [2.75, 3.05) is 45.7 Å². The molecule has 4 rings (SSSR count). The lowest BCUT2D eigenvalue weighted by Gasteiger charge is -2.18. The first kappa shape index (κ1) is 20.3. The zero-order valence-corrected chi connectivity index (χ0v) is 18.2. The van der Waals surface area contributed by atoms with Crippen LogP contribution in [0, 0.1) is 5.92 Å². The Morgan fingerprint density at radius 3 is 2.79 bits per heavy atom. The van der Waals surface area contributed by atoms with Gasteiger partial charge in [-0.25, -0.2) is 0 Å². The summed E-state index contributed by atoms with van der Waals surface area (Å²) < 4.78 is 11.8. The highest BCUT2D eigenvalue weighted by Crippen LogP contribution is 2.38. The van der Waals surface area contributed by atoms with Crippen molar-refractivity contribution in [1.82, 2.24) is 9.88 Å². The fourth-order valence-electron chi connectivity index (χ4n) is 4.87. The molecular formula is C24H35N3O2. The predicted octanol–water partition coefficient (Wildman–Crippen LogP) is 4.66. The minimum Gasteiger partial charge on any atom is -0.493 e. The lowest BCUT2D eigenvalue weighted by atomic mass is 10.0. The molecule has 1 aliphatic heterocycles. The summed E-state index contributed by atoms with van der Waals surface area (Å²) in [6.45, 7) is 6.60. The summed E-state index contributed by atoms with van der Waals surface area (Å²) in [6, 6.07) is 4.16. The summed E-state index contributed by atoms with van der Waals surface area (Å²) in [5, 5.41) is 4.57. The van der Waals surface area contributed by atoms with Crippen molar-refractivity contribution in [2.24, 2.45) is 5.92 Å². The number of aromatic nitrogens is 1. The first-order valence-corrected chi connectivity index (χ1v) is 11.3. The molecule has 1 fully saturated rings. The van der Waals surface area contributed by atoms with Gasteiger partial charge in [-0.1, -0.05) is 13.3 Å². The SMILES string of the molecule is CNc1c2c(nc3cc(OCCCN4CCC(C)C4)c(OC)cc13)CCCCC2. The Hall–Kier alpha value is -2.01. The molecule has 1 saturated heterocycles. The van der Waals surface area contributed by atoms with Crippen molar-refractivity contribution in [3.05, 3.63) is 23.4 Å². The van der Waals surface area contributed by atoms with E-state index in [9.17, 15) is 0 Å². The molecular weight excluding hydrogens is 362 g/mol. The Labute approximate surface area is 174 Å². The molecule has 1 unspecified atom stereocenters. The van der Waals surface area contributed by atoms with E-state index in [4.69, 9.17) is 14.5 Å². The topological polar surface area (TPSA) is 46.6 Å². The van der Waals surface area contributed by atoms with Crippen LogP contribution in [0.1, 0.15) is 50.3 Å². The minimum absolute atomic E-state index is 0.705. The third kappa shape index (κ3) is 4.45. The van der Waals surface area contributed by atoms with Crippen molar-refractivity contribution in [3.63, 3.8) is 0 Å². The maximum atomic E-state index is 6.15. The van der Waals surface area contributed by atoms with Crippen LogP contribution in [0.15, 0.2) is 12.1 Å². The van der Waals surface area contributed by atoms with Gasteiger partial charge < -0.3 is 19.7 Å². The third-order valence-corrected chi connectivity index (χ3v) is 6.43. The molecule has 0 amide bonds. The van der Waals surface area contributed by atoms with Gasteiger partial charge in [0, 0.05) is 43.0 Å². The van der Waals surface area contributed by atoms with Crippen molar-refractivity contribution >= 4 is 16.6 Å². The molecule has 1 aromatic carbocycles. The number of hydrogen-bond acceptors (Lipinski definition) is 5. The molecule has 0 radical (unpaired) electrons. The van der Waals surface area contributed by atoms with Crippen LogP contribution in [0.4, 0.5) is 5.69 Å². The maximum absolute atomic E-state index is 6.15. The van der Waals surface area contributed by atoms with Gasteiger partial charge in [-0.15, -0.1) is 0 Å². The zero-order valence-electron chi connectivity index (χ0n) is 18.2. The van der Waals surface area contributed by atoms with E-state index >= 15 is 0 Å². The van der Waals surface area contributed by atoms with Gasteiger partial charge in [0.15, 0.2) is 11.5 Å². The van der Waals surface area contributed by atoms with E-state index in [-0.39, 0.29) is 0 Å². The standard InChI is InChI=1S/C24H35N3O2/c1-17-10-12-27(16-17)11-7-13-29-23-15-21-19(14-22(23)28-3)24(25-2)18-8-5-4-6-9-20(18)26-21/h14-15,17H,4-13,16H2,1-3H3,(H,25,26). The number of hydrogen-bond donors (Lipinski definition) is 1. The lowest BCUT2D eigenvalue weighted by Crippen LogP contribution is -2.23. The second-order valence-corrected chi connectivity index (χ2v) is 8.64. The van der Waals surface area contributed by atoms with Gasteiger partial charge in [-0.3, -0.25) is 4.98 Å². The smallest absolute Gasteiger partial charge is 0.163 e. The number of methoxy groups -OCH3 is 1. The number of ether oxygens (including phenoxy) is 2. The molecule has 1 aliphatic carbocycles. The molecule has 0 spiro atoms. The van der Waals surface area contributed by atoms with Crippen molar-refractivity contribution in [2.45, 2.75) is 51.9 Å². The number of fused-ring (bicyclic) bond motifs is 2. The van der Waals surface area contributed by atoms with E-state index in [0.29, 0.717) is 6.61 Å². The highest BCUT2D eigenvalue weighted by molar-refractivity contribution is 5.95. The number of pyridine rings is 1. The quantitative estimate of drug-likeness (QED) is 0.544. The molecule has 0 saturated carbocycles. The molecule has 1 N–H and O–H groups in total. The third-order valence-electron chi connectivity index (χ3n) is 6.43. The van der Waals surface area contributed by atoms with Crippen LogP contribution >= 0.6 is 0 Å². The van der Waals surface area contributed by atoms with Gasteiger partial charge in [0.05, 0.1) is 19.2 Å². The maximum Gasteiger partial charge on any atom is 0.163 e. The van der Waals surface area contributed by atoms with Gasteiger partial charge in [0.1, 0.15) is 0 Å². The van der Waals surface area contributed by atoms with Crippen molar-refractivity contribution < 1.29 is 9.47 Å². The average molecular weight is 398 g/mol. The average Bonchev–Trinajstić information content (AvgIpc) is 3.00. The van der Waals surface area contributed by atoms with Crippen LogP contribution in [0.2, 0.25) is 0 Å². The molecule has 29 heavy (non-hydrogen) atoms. The first-order valence-electron chi connectivity index (χ1n) is 11.3. The van der Waals surface area contributed by atoms with Crippen LogP contribution in [0.25, 0.3) is 10.9 Å². The molecule has 0 bridgehead atoms. The first-order chi connectivity index (χ1) is 14.2. The number of anilines is 1. The van der Waals surface area contributed by atoms with Crippen molar-refractivity contribution in [3.8, 4) is 11.5 Å². The number of rotatable bonds is 7. The fourth-order valence-corrected chi connectivity index (χ4v) is 4.87. The van der Waals surface area contributed by atoms with Crippen LogP contribution < -0.4 is 14.8 Å². The summed E-state index contributed by atoms with van der Waals surface area (Å²) in [5.74, 6) is 2.43. The highest BCUT2D eigenvalue weighted by atomic mass is 16.5. The summed E-state index contributed by atoms with van der Waals surface area (Å²) in [7, 11) is 3.73. The van der Waals surface area contributed by atoms with Crippen LogP contribution in [-0.2, 0) is 12.8 Å². The Bertz CT molecular complexity index is 852. The summed E-state index contributed by atoms with van der Waals surface area (Å²) >= 11 is 0. The van der Waals surface area contributed by atoms with E-state index in [0.717, 1.165) is 54.1 Å². The van der Waals surface area contributed by atoms with E-state index < -0.39 is 0 Å². The van der Waals surface area contributed by atoms with E-state index in [1.165, 1.54) is 55.7 Å². The van der Waals surface area contributed by atoms with E-state index in [2.05, 4.69) is 29.3 Å². The fraction of sp³-hybridized carbons (Fsp3) is 0.625. The molecule has 1 atom stereocenters. The summed E-state index contributed by atoms with van der Waals surface area (Å²) in [6.07, 6.45) is 8.27. The number of benzene rings is 1. The Morgan fingerprint density at radius 1 is 1.17 bits per heavy atom. The molecule has 2 aromatic rings. The molecule has 2 aliphatic rings. The van der Waals surface area contributed by atoms with E-state index in [1.54, 1.807) is 7.11 Å². The molecule has 2 heterocycles. The number of nitrogens with zero attached hydrogens (tertiary/aromatic N) is 2. The Morgan fingerprint density at radius 2 is 2.03 bits per heavy atom. The zero-order chi connectivity index (χ0) is 20.2. The summed E-state index contributed by atoms with van der Waals surface area (Å²) in [5.41, 5.74) is 4.84. The monoisotopic (exact) mass is 397 g/mol. The van der Waals surface area contributed by atoms with Gasteiger partial charge in [-0.05, 0) is 62.6 Å². The van der Waals surface area contributed by atoms with Crippen LogP contribution in [0.3, 0.4) is 0 Å². The molecule has 5 nitrogen and oxygen atoms in total. The van der Waals surface area contributed by atoms with Gasteiger partial charge >= 0.3 is 0 Å². The molecule has 5 heteroatoms. The molecule has 158 valence electrons. The molecule has 1 aromatic heterocycles. The Balaban J connectivity index is 1.54. The van der Waals surface area contributed by atoms with Crippen LogP contribution in [0.5, 0.6) is 11.5 Å². The largest absolute Gasteiger partial charge is 0.493 e. The second-order valence-electron chi connectivity index (χ2n) is 8.64. The van der Waals surface area contributed by atoms with E-state index in [1.807, 2.05) is 7.05 Å². The van der Waals surface area contributed by atoms with Gasteiger partial charge in [0.2, 0.25) is 0 Å². The lowest BCUT2D eigenvalue weighted by molar-refractivity contribution is 0.251. The Kier molecular flexibility index (Phi) is 6.43. The second kappa shape index (κ2) is 9.21. The van der Waals surface area contributed by atoms with Crippen LogP contribution in [-0.4, -0.2) is 50.3 Å². The predicted molar refractivity (Wildman–Crippen MR) is 119 cm³/mol. The number of likely N-dealkylation sites (tertiary alicyclic amines) is 1.